The van der Waals surface area contributed by atoms with E-state index in [1.807, 2.05) is 6.07 Å². The van der Waals surface area contributed by atoms with Gasteiger partial charge in [0.25, 0.3) is 0 Å². The molecule has 1 aromatic carbocycles. The zero-order valence-electron chi connectivity index (χ0n) is 10.4. The van der Waals surface area contributed by atoms with Crippen LogP contribution in [0.2, 0.25) is 0 Å². The van der Waals surface area contributed by atoms with Crippen molar-refractivity contribution < 1.29 is 8.78 Å². The molecule has 0 spiro atoms. The quantitative estimate of drug-likeness (QED) is 0.683. The van der Waals surface area contributed by atoms with Gasteiger partial charge in [0.2, 0.25) is 0 Å². The Morgan fingerprint density at radius 1 is 1.15 bits per heavy atom. The highest BCUT2D eigenvalue weighted by Gasteiger charge is 2.14. The first-order chi connectivity index (χ1) is 9.60. The summed E-state index contributed by atoms with van der Waals surface area (Å²) in [5.74, 6) is -1.36. The minimum Gasteiger partial charge on any atom is -0.327 e. The zero-order valence-corrected chi connectivity index (χ0v) is 10.4. The van der Waals surface area contributed by atoms with Crippen molar-refractivity contribution in [1.29, 1.82) is 5.26 Å². The number of pyridine rings is 1. The molecule has 0 atom stereocenters. The monoisotopic (exact) mass is 270 g/mol. The summed E-state index contributed by atoms with van der Waals surface area (Å²) in [6, 6.07) is 5.77. The van der Waals surface area contributed by atoms with Gasteiger partial charge in [-0.25, -0.2) is 13.8 Å². The van der Waals surface area contributed by atoms with E-state index in [1.54, 1.807) is 23.9 Å². The molecule has 0 aliphatic carbocycles. The second kappa shape index (κ2) is 4.38. The second-order valence-electron chi connectivity index (χ2n) is 4.32. The van der Waals surface area contributed by atoms with Gasteiger partial charge in [0.05, 0.1) is 16.6 Å². The van der Waals surface area contributed by atoms with Gasteiger partial charge in [-0.05, 0) is 6.07 Å². The third kappa shape index (κ3) is 1.80. The summed E-state index contributed by atoms with van der Waals surface area (Å²) >= 11 is 0. The SMILES string of the molecule is Cn1c(-c2cncc(C#N)c2)nc2cc(F)c(F)cc21. The van der Waals surface area contributed by atoms with Gasteiger partial charge in [0.1, 0.15) is 11.9 Å². The van der Waals surface area contributed by atoms with Gasteiger partial charge in [0.15, 0.2) is 11.6 Å². The number of benzene rings is 1. The number of hydrogen-bond donors (Lipinski definition) is 0. The Balaban J connectivity index is 2.26. The third-order valence-electron chi connectivity index (χ3n) is 3.05. The van der Waals surface area contributed by atoms with Gasteiger partial charge in [-0.2, -0.15) is 5.26 Å². The van der Waals surface area contributed by atoms with Crippen molar-refractivity contribution in [2.45, 2.75) is 0 Å². The molecule has 0 unspecified atom stereocenters. The highest BCUT2D eigenvalue weighted by atomic mass is 19.2. The summed E-state index contributed by atoms with van der Waals surface area (Å²) in [5.41, 5.74) is 1.83. The molecule has 2 aromatic heterocycles. The van der Waals surface area contributed by atoms with E-state index in [2.05, 4.69) is 9.97 Å². The van der Waals surface area contributed by atoms with Crippen molar-refractivity contribution >= 4 is 11.0 Å². The van der Waals surface area contributed by atoms with Crippen LogP contribution in [0.25, 0.3) is 22.4 Å². The standard InChI is InChI=1S/C14H8F2N4/c1-20-13-4-11(16)10(15)3-12(13)19-14(20)9-2-8(5-17)6-18-7-9/h2-4,6-7H,1H3. The minimum atomic E-state index is -0.939. The average molecular weight is 270 g/mol. The predicted molar refractivity (Wildman–Crippen MR) is 68.6 cm³/mol. The minimum absolute atomic E-state index is 0.351. The van der Waals surface area contributed by atoms with Crippen LogP contribution >= 0.6 is 0 Å². The van der Waals surface area contributed by atoms with Crippen LogP contribution in [-0.2, 0) is 7.05 Å². The Hall–Kier alpha value is -2.81. The van der Waals surface area contributed by atoms with E-state index in [-0.39, 0.29) is 0 Å². The maximum atomic E-state index is 13.3. The lowest BCUT2D eigenvalue weighted by Gasteiger charge is -2.02. The average Bonchev–Trinajstić information content (AvgIpc) is 2.77. The maximum Gasteiger partial charge on any atom is 0.161 e. The van der Waals surface area contributed by atoms with Crippen LogP contribution in [-0.4, -0.2) is 14.5 Å². The summed E-state index contributed by atoms with van der Waals surface area (Å²) in [6.07, 6.45) is 2.99. The largest absolute Gasteiger partial charge is 0.327 e. The van der Waals surface area contributed by atoms with E-state index >= 15 is 0 Å². The molecular formula is C14H8F2N4. The van der Waals surface area contributed by atoms with Crippen LogP contribution in [0.4, 0.5) is 8.78 Å². The van der Waals surface area contributed by atoms with E-state index in [0.29, 0.717) is 28.0 Å². The number of halogens is 2. The van der Waals surface area contributed by atoms with Crippen molar-refractivity contribution in [3.63, 3.8) is 0 Å². The first kappa shape index (κ1) is 12.2. The fourth-order valence-electron chi connectivity index (χ4n) is 2.07. The lowest BCUT2D eigenvalue weighted by Crippen LogP contribution is -1.94. The van der Waals surface area contributed by atoms with Gasteiger partial charge in [-0.15, -0.1) is 0 Å². The topological polar surface area (TPSA) is 54.5 Å². The molecule has 4 nitrogen and oxygen atoms in total. The second-order valence-corrected chi connectivity index (χ2v) is 4.32. The Bertz CT molecular complexity index is 861. The molecule has 3 aromatic rings. The summed E-state index contributed by atoms with van der Waals surface area (Å²) in [4.78, 5) is 8.22. The molecule has 2 heterocycles. The predicted octanol–water partition coefficient (Wildman–Crippen LogP) is 2.79. The zero-order chi connectivity index (χ0) is 14.3. The van der Waals surface area contributed by atoms with Crippen LogP contribution in [0, 0.1) is 23.0 Å². The third-order valence-corrected chi connectivity index (χ3v) is 3.05. The molecule has 0 amide bonds. The van der Waals surface area contributed by atoms with Crippen molar-refractivity contribution in [1.82, 2.24) is 14.5 Å². The maximum absolute atomic E-state index is 13.3. The van der Waals surface area contributed by atoms with Gasteiger partial charge in [-0.3, -0.25) is 4.98 Å². The number of aromatic nitrogens is 3. The van der Waals surface area contributed by atoms with Gasteiger partial charge >= 0.3 is 0 Å². The summed E-state index contributed by atoms with van der Waals surface area (Å²) < 4.78 is 28.2. The van der Waals surface area contributed by atoms with Gasteiger partial charge < -0.3 is 4.57 Å². The molecule has 0 radical (unpaired) electrons. The van der Waals surface area contributed by atoms with Crippen molar-refractivity contribution in [2.24, 2.45) is 7.05 Å². The van der Waals surface area contributed by atoms with Crippen LogP contribution < -0.4 is 0 Å². The Morgan fingerprint density at radius 3 is 2.65 bits per heavy atom. The van der Waals surface area contributed by atoms with Crippen molar-refractivity contribution in [3.05, 3.63) is 47.8 Å². The molecule has 20 heavy (non-hydrogen) atoms. The highest BCUT2D eigenvalue weighted by Crippen LogP contribution is 2.25. The molecule has 0 N–H and O–H groups in total. The molecule has 0 fully saturated rings. The van der Waals surface area contributed by atoms with Crippen LogP contribution in [0.3, 0.4) is 0 Å². The molecular weight excluding hydrogens is 262 g/mol. The lowest BCUT2D eigenvalue weighted by molar-refractivity contribution is 0.510. The molecule has 0 saturated carbocycles. The lowest BCUT2D eigenvalue weighted by atomic mass is 10.2. The number of nitriles is 1. The molecule has 3 rings (SSSR count). The number of hydrogen-bond acceptors (Lipinski definition) is 3. The highest BCUT2D eigenvalue weighted by molar-refractivity contribution is 5.80. The van der Waals surface area contributed by atoms with Crippen molar-refractivity contribution in [3.8, 4) is 17.5 Å². The first-order valence-corrected chi connectivity index (χ1v) is 5.77. The molecule has 0 bridgehead atoms. The van der Waals surface area contributed by atoms with Gasteiger partial charge in [0, 0.05) is 37.1 Å². The number of rotatable bonds is 1. The summed E-state index contributed by atoms with van der Waals surface area (Å²) in [7, 11) is 1.70. The van der Waals surface area contributed by atoms with Crippen molar-refractivity contribution in [2.75, 3.05) is 0 Å². The Kier molecular flexibility index (Phi) is 2.68. The van der Waals surface area contributed by atoms with E-state index in [0.717, 1.165) is 12.1 Å². The normalized spacial score (nSPS) is 10.7. The smallest absolute Gasteiger partial charge is 0.161 e. The van der Waals surface area contributed by atoms with Gasteiger partial charge in [-0.1, -0.05) is 0 Å². The number of imidazole rings is 1. The molecule has 0 saturated heterocycles. The first-order valence-electron chi connectivity index (χ1n) is 5.77. The summed E-state index contributed by atoms with van der Waals surface area (Å²) in [5, 5.41) is 8.87. The fraction of sp³-hybridized carbons (Fsp3) is 0.0714. The van der Waals surface area contributed by atoms with E-state index in [9.17, 15) is 8.78 Å². The Morgan fingerprint density at radius 2 is 1.90 bits per heavy atom. The Labute approximate surface area is 112 Å². The molecule has 98 valence electrons. The number of nitrogens with zero attached hydrogens (tertiary/aromatic N) is 4. The van der Waals surface area contributed by atoms with E-state index < -0.39 is 11.6 Å². The fourth-order valence-corrected chi connectivity index (χ4v) is 2.07. The molecule has 6 heteroatoms. The summed E-state index contributed by atoms with van der Waals surface area (Å²) in [6.45, 7) is 0. The number of fused-ring (bicyclic) bond motifs is 1. The van der Waals surface area contributed by atoms with Crippen LogP contribution in [0.1, 0.15) is 5.56 Å². The van der Waals surface area contributed by atoms with Crippen LogP contribution in [0.15, 0.2) is 30.6 Å². The number of aryl methyl sites for hydroxylation is 1. The van der Waals surface area contributed by atoms with E-state index in [4.69, 9.17) is 5.26 Å². The van der Waals surface area contributed by atoms with E-state index in [1.165, 1.54) is 6.20 Å². The molecule has 0 aliphatic heterocycles. The van der Waals surface area contributed by atoms with Crippen LogP contribution in [0.5, 0.6) is 0 Å². The molecule has 0 aliphatic rings.